The van der Waals surface area contributed by atoms with Crippen LogP contribution in [0.15, 0.2) is 41.2 Å². The van der Waals surface area contributed by atoms with E-state index < -0.39 is 17.5 Å². The van der Waals surface area contributed by atoms with Gasteiger partial charge >= 0.3 is 6.03 Å². The summed E-state index contributed by atoms with van der Waals surface area (Å²) >= 11 is 0. The number of benzene rings is 2. The molecule has 0 atom stereocenters. The van der Waals surface area contributed by atoms with Crippen LogP contribution < -0.4 is 5.56 Å². The molecular formula is C25H25F2N5O4. The van der Waals surface area contributed by atoms with Crippen molar-refractivity contribution < 1.29 is 23.1 Å². The van der Waals surface area contributed by atoms with E-state index in [1.165, 1.54) is 11.0 Å². The van der Waals surface area contributed by atoms with Crippen LogP contribution in [0.5, 0.6) is 0 Å². The highest BCUT2D eigenvalue weighted by Gasteiger charge is 2.30. The molecule has 3 amide bonds. The number of carbonyl (C=O) groups excluding carboxylic acids is 2. The number of nitrogens with one attached hydrogen (secondary N) is 1. The van der Waals surface area contributed by atoms with Gasteiger partial charge in [0.25, 0.3) is 11.5 Å². The summed E-state index contributed by atoms with van der Waals surface area (Å²) in [5, 5.41) is 7.54. The number of aromatic amines is 1. The number of ether oxygens (including phenoxy) is 1. The number of carbonyl (C=O) groups is 2. The normalized spacial score (nSPS) is 16.4. The molecule has 2 fully saturated rings. The number of hydrogen-bond donors (Lipinski definition) is 1. The highest BCUT2D eigenvalue weighted by atomic mass is 19.2. The van der Waals surface area contributed by atoms with Crippen molar-refractivity contribution in [2.45, 2.75) is 6.42 Å². The van der Waals surface area contributed by atoms with Crippen molar-refractivity contribution >= 4 is 22.7 Å². The molecule has 2 saturated heterocycles. The average molecular weight is 498 g/mol. The monoisotopic (exact) mass is 497 g/mol. The van der Waals surface area contributed by atoms with E-state index in [0.29, 0.717) is 61.4 Å². The summed E-state index contributed by atoms with van der Waals surface area (Å²) in [5.41, 5.74) is 0.112. The maximum absolute atomic E-state index is 14.7. The minimum atomic E-state index is -1.21. The van der Waals surface area contributed by atoms with E-state index in [1.54, 1.807) is 34.1 Å². The lowest BCUT2D eigenvalue weighted by atomic mass is 10.0. The molecule has 36 heavy (non-hydrogen) atoms. The molecule has 2 aliphatic rings. The van der Waals surface area contributed by atoms with E-state index in [-0.39, 0.29) is 36.7 Å². The van der Waals surface area contributed by atoms with Crippen molar-refractivity contribution in [2.24, 2.45) is 0 Å². The molecule has 3 aromatic rings. The van der Waals surface area contributed by atoms with Crippen LogP contribution in [0, 0.1) is 11.6 Å². The summed E-state index contributed by atoms with van der Waals surface area (Å²) in [4.78, 5) is 42.7. The molecule has 0 bridgehead atoms. The molecule has 0 saturated carbocycles. The van der Waals surface area contributed by atoms with Gasteiger partial charge in [0.05, 0.1) is 29.9 Å². The molecule has 1 aromatic heterocycles. The fraction of sp³-hybridized carbons (Fsp3) is 0.360. The lowest BCUT2D eigenvalue weighted by Crippen LogP contribution is -2.55. The summed E-state index contributed by atoms with van der Waals surface area (Å²) < 4.78 is 34.5. The zero-order chi connectivity index (χ0) is 25.2. The van der Waals surface area contributed by atoms with Crippen LogP contribution in [0.25, 0.3) is 10.8 Å². The van der Waals surface area contributed by atoms with Crippen LogP contribution in [0.4, 0.5) is 13.6 Å². The zero-order valence-electron chi connectivity index (χ0n) is 19.5. The van der Waals surface area contributed by atoms with Gasteiger partial charge in [-0.3, -0.25) is 9.59 Å². The van der Waals surface area contributed by atoms with E-state index >= 15 is 0 Å². The van der Waals surface area contributed by atoms with Crippen LogP contribution in [0.1, 0.15) is 21.6 Å². The van der Waals surface area contributed by atoms with Gasteiger partial charge in [0.1, 0.15) is 0 Å². The largest absolute Gasteiger partial charge is 0.378 e. The first kappa shape index (κ1) is 23.9. The number of halogens is 2. The summed E-state index contributed by atoms with van der Waals surface area (Å²) in [7, 11) is 0. The summed E-state index contributed by atoms with van der Waals surface area (Å²) in [6, 6.07) is 9.13. The minimum absolute atomic E-state index is 0.0939. The first-order valence-electron chi connectivity index (χ1n) is 11.8. The fourth-order valence-corrected chi connectivity index (χ4v) is 4.63. The van der Waals surface area contributed by atoms with E-state index in [2.05, 4.69) is 10.2 Å². The van der Waals surface area contributed by atoms with Gasteiger partial charge in [-0.25, -0.2) is 18.7 Å². The molecule has 2 aromatic carbocycles. The predicted octanol–water partition coefficient (Wildman–Crippen LogP) is 2.00. The van der Waals surface area contributed by atoms with E-state index in [9.17, 15) is 23.2 Å². The number of H-pyrrole nitrogens is 1. The first-order valence-corrected chi connectivity index (χ1v) is 11.8. The summed E-state index contributed by atoms with van der Waals surface area (Å²) in [6.45, 7) is 3.07. The summed E-state index contributed by atoms with van der Waals surface area (Å²) in [6.07, 6.45) is 0.0939. The Balaban J connectivity index is 1.32. The highest BCUT2D eigenvalue weighted by molar-refractivity contribution is 5.95. The number of amides is 3. The van der Waals surface area contributed by atoms with Crippen LogP contribution >= 0.6 is 0 Å². The quantitative estimate of drug-likeness (QED) is 0.597. The second kappa shape index (κ2) is 10.0. The molecule has 9 nitrogen and oxygen atoms in total. The minimum Gasteiger partial charge on any atom is -0.378 e. The Bertz CT molecular complexity index is 1360. The number of morpholine rings is 1. The van der Waals surface area contributed by atoms with Crippen LogP contribution in [0.2, 0.25) is 0 Å². The maximum atomic E-state index is 14.7. The third-order valence-electron chi connectivity index (χ3n) is 6.58. The molecular weight excluding hydrogens is 472 g/mol. The van der Waals surface area contributed by atoms with Gasteiger partial charge in [0, 0.05) is 51.1 Å². The third kappa shape index (κ3) is 4.66. The Morgan fingerprint density at radius 2 is 1.56 bits per heavy atom. The standard InChI is InChI=1S/C25H25F2N5O4/c26-20-14-16(15-21-17-3-1-2-4-18(17)23(33)29-28-21)13-19(22(20)27)24(34)30-5-7-31(8-6-30)25(35)32-9-11-36-12-10-32/h1-4,13-14H,5-12,15H2,(H,29,33). The fourth-order valence-electron chi connectivity index (χ4n) is 4.63. The second-order valence-corrected chi connectivity index (χ2v) is 8.82. The lowest BCUT2D eigenvalue weighted by Gasteiger charge is -2.38. The highest BCUT2D eigenvalue weighted by Crippen LogP contribution is 2.22. The molecule has 2 aliphatic heterocycles. The van der Waals surface area contributed by atoms with Gasteiger partial charge in [0.15, 0.2) is 11.6 Å². The predicted molar refractivity (Wildman–Crippen MR) is 127 cm³/mol. The van der Waals surface area contributed by atoms with Gasteiger partial charge in [0.2, 0.25) is 0 Å². The SMILES string of the molecule is O=C(c1cc(Cc2n[nH]c(=O)c3ccccc23)cc(F)c1F)N1CCN(C(=O)N2CCOCC2)CC1. The molecule has 0 aliphatic carbocycles. The van der Waals surface area contributed by atoms with Gasteiger partial charge in [-0.2, -0.15) is 5.10 Å². The van der Waals surface area contributed by atoms with Crippen molar-refractivity contribution in [3.05, 3.63) is 75.2 Å². The second-order valence-electron chi connectivity index (χ2n) is 8.82. The Morgan fingerprint density at radius 1 is 0.917 bits per heavy atom. The average Bonchev–Trinajstić information content (AvgIpc) is 2.92. The first-order chi connectivity index (χ1) is 17.4. The van der Waals surface area contributed by atoms with Crippen molar-refractivity contribution in [1.82, 2.24) is 24.9 Å². The van der Waals surface area contributed by atoms with E-state index in [0.717, 1.165) is 6.07 Å². The molecule has 1 N–H and O–H groups in total. The van der Waals surface area contributed by atoms with Crippen LogP contribution in [0.3, 0.4) is 0 Å². The number of piperazine rings is 1. The van der Waals surface area contributed by atoms with Gasteiger partial charge in [-0.1, -0.05) is 18.2 Å². The number of fused-ring (bicyclic) bond motifs is 1. The van der Waals surface area contributed by atoms with Crippen molar-refractivity contribution in [3.8, 4) is 0 Å². The maximum Gasteiger partial charge on any atom is 0.320 e. The van der Waals surface area contributed by atoms with E-state index in [1.807, 2.05) is 0 Å². The van der Waals surface area contributed by atoms with Crippen molar-refractivity contribution in [3.63, 3.8) is 0 Å². The molecule has 11 heteroatoms. The topological polar surface area (TPSA) is 98.8 Å². The molecule has 0 radical (unpaired) electrons. The smallest absolute Gasteiger partial charge is 0.320 e. The Labute approximate surface area is 205 Å². The number of nitrogens with zero attached hydrogens (tertiary/aromatic N) is 4. The Morgan fingerprint density at radius 3 is 2.28 bits per heavy atom. The van der Waals surface area contributed by atoms with Gasteiger partial charge in [-0.15, -0.1) is 0 Å². The zero-order valence-corrected chi connectivity index (χ0v) is 19.5. The molecule has 0 spiro atoms. The number of urea groups is 1. The lowest BCUT2D eigenvalue weighted by molar-refractivity contribution is 0.0362. The van der Waals surface area contributed by atoms with Crippen molar-refractivity contribution in [2.75, 3.05) is 52.5 Å². The van der Waals surface area contributed by atoms with Crippen LogP contribution in [-0.2, 0) is 11.2 Å². The number of rotatable bonds is 3. The van der Waals surface area contributed by atoms with E-state index in [4.69, 9.17) is 4.74 Å². The summed E-state index contributed by atoms with van der Waals surface area (Å²) in [5.74, 6) is -2.98. The van der Waals surface area contributed by atoms with Crippen molar-refractivity contribution in [1.29, 1.82) is 0 Å². The Hall–Kier alpha value is -3.86. The number of hydrogen-bond acceptors (Lipinski definition) is 5. The Kier molecular flexibility index (Phi) is 6.64. The van der Waals surface area contributed by atoms with Gasteiger partial charge < -0.3 is 19.4 Å². The third-order valence-corrected chi connectivity index (χ3v) is 6.58. The van der Waals surface area contributed by atoms with Gasteiger partial charge in [-0.05, 0) is 23.8 Å². The molecule has 188 valence electrons. The molecule has 3 heterocycles. The van der Waals surface area contributed by atoms with Crippen LogP contribution in [-0.4, -0.2) is 89.3 Å². The molecule has 5 rings (SSSR count). The number of aromatic nitrogens is 2. The molecule has 0 unspecified atom stereocenters.